The predicted octanol–water partition coefficient (Wildman–Crippen LogP) is 0.815. The average Bonchev–Trinajstić information content (AvgIpc) is 2.73. The summed E-state index contributed by atoms with van der Waals surface area (Å²) in [5.74, 6) is -1.58. The van der Waals surface area contributed by atoms with Crippen molar-refractivity contribution in [3.05, 3.63) is 34.9 Å². The van der Waals surface area contributed by atoms with Gasteiger partial charge in [0.25, 0.3) is 0 Å². The van der Waals surface area contributed by atoms with E-state index < -0.39 is 11.6 Å². The summed E-state index contributed by atoms with van der Waals surface area (Å²) in [7, 11) is 0. The van der Waals surface area contributed by atoms with Gasteiger partial charge in [-0.2, -0.15) is 5.26 Å². The fourth-order valence-corrected chi connectivity index (χ4v) is 1.83. The molecule has 1 aliphatic heterocycles. The molecule has 1 aliphatic rings. The van der Waals surface area contributed by atoms with Crippen molar-refractivity contribution in [1.29, 1.82) is 5.26 Å². The largest absolute Gasteiger partial charge is 0.354 e. The molecule has 94 valence electrons. The Balaban J connectivity index is 2.06. The van der Waals surface area contributed by atoms with Crippen LogP contribution >= 0.6 is 0 Å². The van der Waals surface area contributed by atoms with E-state index in [1.807, 2.05) is 0 Å². The Morgan fingerprint density at radius 3 is 2.61 bits per heavy atom. The van der Waals surface area contributed by atoms with E-state index in [0.29, 0.717) is 13.0 Å². The molecular formula is C12H11F2N3O. The Morgan fingerprint density at radius 1 is 1.44 bits per heavy atom. The molecule has 0 saturated carbocycles. The van der Waals surface area contributed by atoms with E-state index in [1.54, 1.807) is 6.07 Å². The first-order valence-electron chi connectivity index (χ1n) is 5.48. The van der Waals surface area contributed by atoms with Gasteiger partial charge < -0.3 is 10.6 Å². The number of carbonyl (C=O) groups excluding carboxylic acids is 1. The number of benzene rings is 1. The van der Waals surface area contributed by atoms with Crippen LogP contribution in [0.5, 0.6) is 0 Å². The van der Waals surface area contributed by atoms with Crippen molar-refractivity contribution in [2.24, 2.45) is 0 Å². The van der Waals surface area contributed by atoms with Gasteiger partial charge in [-0.05, 0) is 12.1 Å². The predicted molar refractivity (Wildman–Crippen MR) is 59.3 cm³/mol. The minimum Gasteiger partial charge on any atom is -0.354 e. The van der Waals surface area contributed by atoms with Gasteiger partial charge in [-0.1, -0.05) is 0 Å². The van der Waals surface area contributed by atoms with Gasteiger partial charge in [0, 0.05) is 31.1 Å². The Labute approximate surface area is 103 Å². The highest BCUT2D eigenvalue weighted by Crippen LogP contribution is 2.15. The summed E-state index contributed by atoms with van der Waals surface area (Å²) >= 11 is 0. The van der Waals surface area contributed by atoms with Gasteiger partial charge in [-0.15, -0.1) is 0 Å². The summed E-state index contributed by atoms with van der Waals surface area (Å²) in [5, 5.41) is 14.1. The Morgan fingerprint density at radius 2 is 2.11 bits per heavy atom. The second-order valence-electron chi connectivity index (χ2n) is 4.12. The van der Waals surface area contributed by atoms with Gasteiger partial charge in [-0.3, -0.25) is 4.79 Å². The Hall–Kier alpha value is -2.00. The molecule has 1 aromatic rings. The molecule has 0 aromatic heterocycles. The minimum atomic E-state index is -0.753. The van der Waals surface area contributed by atoms with Crippen LogP contribution < -0.4 is 10.6 Å². The van der Waals surface area contributed by atoms with Crippen LogP contribution in [0.15, 0.2) is 12.1 Å². The highest BCUT2D eigenvalue weighted by atomic mass is 19.1. The molecule has 0 spiro atoms. The van der Waals surface area contributed by atoms with E-state index in [2.05, 4.69) is 10.6 Å². The molecule has 1 heterocycles. The summed E-state index contributed by atoms with van der Waals surface area (Å²) in [6, 6.07) is 3.56. The zero-order chi connectivity index (χ0) is 13.1. The maximum Gasteiger partial charge on any atom is 0.221 e. The quantitative estimate of drug-likeness (QED) is 0.835. The van der Waals surface area contributed by atoms with Gasteiger partial charge in [0.2, 0.25) is 5.91 Å². The topological polar surface area (TPSA) is 64.9 Å². The van der Waals surface area contributed by atoms with Gasteiger partial charge in [0.05, 0.1) is 11.6 Å². The number of amides is 1. The number of nitrogens with zero attached hydrogens (tertiary/aromatic N) is 1. The van der Waals surface area contributed by atoms with Crippen LogP contribution in [0, 0.1) is 23.0 Å². The number of hydrogen-bond acceptors (Lipinski definition) is 3. The summed E-state index contributed by atoms with van der Waals surface area (Å²) in [4.78, 5) is 10.9. The molecule has 1 amide bonds. The van der Waals surface area contributed by atoms with E-state index >= 15 is 0 Å². The molecular weight excluding hydrogens is 240 g/mol. The third-order valence-corrected chi connectivity index (χ3v) is 2.82. The SMILES string of the molecule is N#Cc1cc(F)c(CNC2CNC(=O)C2)c(F)c1. The third-order valence-electron chi connectivity index (χ3n) is 2.82. The van der Waals surface area contributed by atoms with E-state index in [0.717, 1.165) is 12.1 Å². The van der Waals surface area contributed by atoms with Crippen molar-refractivity contribution in [3.8, 4) is 6.07 Å². The molecule has 0 aliphatic carbocycles. The van der Waals surface area contributed by atoms with Crippen LogP contribution in [-0.4, -0.2) is 18.5 Å². The van der Waals surface area contributed by atoms with Crippen molar-refractivity contribution < 1.29 is 13.6 Å². The zero-order valence-electron chi connectivity index (χ0n) is 9.46. The lowest BCUT2D eigenvalue weighted by molar-refractivity contribution is -0.119. The number of nitrogens with one attached hydrogen (secondary N) is 2. The fraction of sp³-hybridized carbons (Fsp3) is 0.333. The van der Waals surface area contributed by atoms with Crippen molar-refractivity contribution in [3.63, 3.8) is 0 Å². The standard InChI is InChI=1S/C12H11F2N3O/c13-10-1-7(4-15)2-11(14)9(10)6-16-8-3-12(18)17-5-8/h1-2,8,16H,3,5-6H2,(H,17,18). The smallest absolute Gasteiger partial charge is 0.221 e. The van der Waals surface area contributed by atoms with Gasteiger partial charge in [0.15, 0.2) is 0 Å². The number of halogens is 2. The van der Waals surface area contributed by atoms with Crippen molar-refractivity contribution in [2.75, 3.05) is 6.54 Å². The first-order valence-corrected chi connectivity index (χ1v) is 5.48. The molecule has 1 saturated heterocycles. The molecule has 1 fully saturated rings. The highest BCUT2D eigenvalue weighted by Gasteiger charge is 2.21. The van der Waals surface area contributed by atoms with Crippen LogP contribution in [0.25, 0.3) is 0 Å². The highest BCUT2D eigenvalue weighted by molar-refractivity contribution is 5.78. The third kappa shape index (κ3) is 2.63. The minimum absolute atomic E-state index is 0.0109. The monoisotopic (exact) mass is 251 g/mol. The Bertz CT molecular complexity index is 502. The van der Waals surface area contributed by atoms with Crippen LogP contribution in [0.3, 0.4) is 0 Å². The fourth-order valence-electron chi connectivity index (χ4n) is 1.83. The number of carbonyl (C=O) groups is 1. The molecule has 6 heteroatoms. The lowest BCUT2D eigenvalue weighted by atomic mass is 10.1. The molecule has 2 rings (SSSR count). The van der Waals surface area contributed by atoms with Gasteiger partial charge >= 0.3 is 0 Å². The summed E-state index contributed by atoms with van der Waals surface area (Å²) in [5.41, 5.74) is -0.167. The van der Waals surface area contributed by atoms with Crippen molar-refractivity contribution >= 4 is 5.91 Å². The Kier molecular flexibility index (Phi) is 3.53. The van der Waals surface area contributed by atoms with Crippen molar-refractivity contribution in [2.45, 2.75) is 19.0 Å². The maximum absolute atomic E-state index is 13.5. The van der Waals surface area contributed by atoms with Gasteiger partial charge in [0.1, 0.15) is 11.6 Å². The first-order chi connectivity index (χ1) is 8.60. The van der Waals surface area contributed by atoms with E-state index in [4.69, 9.17) is 5.26 Å². The summed E-state index contributed by atoms with van der Waals surface area (Å²) in [6.45, 7) is 0.446. The van der Waals surface area contributed by atoms with Crippen LogP contribution in [0.2, 0.25) is 0 Å². The van der Waals surface area contributed by atoms with E-state index in [-0.39, 0.29) is 29.6 Å². The summed E-state index contributed by atoms with van der Waals surface area (Å²) < 4.78 is 27.1. The molecule has 0 bridgehead atoms. The lowest BCUT2D eigenvalue weighted by Crippen LogP contribution is -2.31. The molecule has 2 N–H and O–H groups in total. The number of rotatable bonds is 3. The lowest BCUT2D eigenvalue weighted by Gasteiger charge is -2.11. The first kappa shape index (κ1) is 12.5. The van der Waals surface area contributed by atoms with Crippen LogP contribution in [0.1, 0.15) is 17.5 Å². The second kappa shape index (κ2) is 5.10. The summed E-state index contributed by atoms with van der Waals surface area (Å²) in [6.07, 6.45) is 0.305. The normalized spacial score (nSPS) is 18.5. The zero-order valence-corrected chi connectivity index (χ0v) is 9.46. The molecule has 0 radical (unpaired) electrons. The van der Waals surface area contributed by atoms with E-state index in [9.17, 15) is 13.6 Å². The number of hydrogen-bond donors (Lipinski definition) is 2. The average molecular weight is 251 g/mol. The number of nitriles is 1. The van der Waals surface area contributed by atoms with Crippen LogP contribution in [0.4, 0.5) is 8.78 Å². The van der Waals surface area contributed by atoms with Crippen LogP contribution in [-0.2, 0) is 11.3 Å². The van der Waals surface area contributed by atoms with E-state index in [1.165, 1.54) is 0 Å². The van der Waals surface area contributed by atoms with Crippen molar-refractivity contribution in [1.82, 2.24) is 10.6 Å². The molecule has 4 nitrogen and oxygen atoms in total. The maximum atomic E-state index is 13.5. The molecule has 1 aromatic carbocycles. The second-order valence-corrected chi connectivity index (χ2v) is 4.12. The molecule has 1 unspecified atom stereocenters. The van der Waals surface area contributed by atoms with Gasteiger partial charge in [-0.25, -0.2) is 8.78 Å². The molecule has 1 atom stereocenters. The molecule has 18 heavy (non-hydrogen) atoms.